The smallest absolute Gasteiger partial charge is 0.372 e. The first-order chi connectivity index (χ1) is 9.48. The van der Waals surface area contributed by atoms with Gasteiger partial charge in [-0.3, -0.25) is 0 Å². The van der Waals surface area contributed by atoms with Gasteiger partial charge in [0.2, 0.25) is 0 Å². The van der Waals surface area contributed by atoms with Gasteiger partial charge in [-0.1, -0.05) is 5.16 Å². The first-order valence-corrected chi connectivity index (χ1v) is 6.30. The summed E-state index contributed by atoms with van der Waals surface area (Å²) in [4.78, 5) is 4.09. The molecule has 0 radical (unpaired) electrons. The van der Waals surface area contributed by atoms with Crippen molar-refractivity contribution in [3.8, 4) is 0 Å². The van der Waals surface area contributed by atoms with Crippen LogP contribution in [0.15, 0.2) is 4.52 Å². The molecule has 2 N–H and O–H groups in total. The molecule has 2 unspecified atom stereocenters. The highest BCUT2D eigenvalue weighted by molar-refractivity contribution is 4.93. The van der Waals surface area contributed by atoms with Crippen LogP contribution in [-0.4, -0.2) is 42.2 Å². The Morgan fingerprint density at radius 1 is 1.35 bits per heavy atom. The number of ether oxygens (including phenoxy) is 2. The minimum absolute atomic E-state index is 0.00883. The molecule has 20 heavy (non-hydrogen) atoms. The van der Waals surface area contributed by atoms with Gasteiger partial charge in [0.25, 0.3) is 5.89 Å². The van der Waals surface area contributed by atoms with E-state index in [1.54, 1.807) is 0 Å². The quantitative estimate of drug-likeness (QED) is 0.798. The molecule has 1 aliphatic heterocycles. The Bertz CT molecular complexity index is 425. The Balaban J connectivity index is 1.75. The molecule has 114 valence electrons. The van der Waals surface area contributed by atoms with E-state index < -0.39 is 12.8 Å². The van der Waals surface area contributed by atoms with Crippen molar-refractivity contribution in [2.75, 3.05) is 19.8 Å². The van der Waals surface area contributed by atoms with Gasteiger partial charge in [0.1, 0.15) is 12.7 Å². The molecule has 1 aliphatic rings. The van der Waals surface area contributed by atoms with Gasteiger partial charge in [-0.25, -0.2) is 0 Å². The third-order valence-electron chi connectivity index (χ3n) is 2.87. The van der Waals surface area contributed by atoms with Crippen LogP contribution < -0.4 is 5.73 Å². The Morgan fingerprint density at radius 3 is 2.80 bits per heavy atom. The minimum Gasteiger partial charge on any atom is -0.372 e. The van der Waals surface area contributed by atoms with E-state index in [-0.39, 0.29) is 25.2 Å². The fourth-order valence-electron chi connectivity index (χ4n) is 1.91. The lowest BCUT2D eigenvalue weighted by molar-refractivity contribution is -0.173. The van der Waals surface area contributed by atoms with Crippen molar-refractivity contribution >= 4 is 0 Å². The van der Waals surface area contributed by atoms with Crippen LogP contribution in [0.3, 0.4) is 0 Å². The van der Waals surface area contributed by atoms with E-state index in [0.29, 0.717) is 18.3 Å². The second kappa shape index (κ2) is 6.51. The number of rotatable bonds is 6. The number of nitrogens with two attached hydrogens (primary N) is 1. The van der Waals surface area contributed by atoms with Gasteiger partial charge in [-0.15, -0.1) is 0 Å². The van der Waals surface area contributed by atoms with E-state index in [4.69, 9.17) is 15.0 Å². The lowest BCUT2D eigenvalue weighted by Gasteiger charge is -2.07. The average molecular weight is 295 g/mol. The van der Waals surface area contributed by atoms with Crippen LogP contribution in [0.4, 0.5) is 13.2 Å². The molecule has 0 spiro atoms. The van der Waals surface area contributed by atoms with E-state index in [1.807, 2.05) is 0 Å². The van der Waals surface area contributed by atoms with E-state index >= 15 is 0 Å². The molecule has 0 aromatic carbocycles. The molecule has 0 bridgehead atoms. The predicted octanol–water partition coefficient (Wildman–Crippen LogP) is 1.37. The summed E-state index contributed by atoms with van der Waals surface area (Å²) in [7, 11) is 0. The molecule has 1 saturated heterocycles. The fraction of sp³-hybridized carbons (Fsp3) is 0.818. The SMILES string of the molecule is NCC1CCC(c2nc(CCOCC(F)(F)F)no2)O1. The average Bonchev–Trinajstić information content (AvgIpc) is 3.02. The lowest BCUT2D eigenvalue weighted by atomic mass is 10.2. The second-order valence-electron chi connectivity index (χ2n) is 4.53. The first kappa shape index (κ1) is 15.2. The van der Waals surface area contributed by atoms with E-state index in [0.717, 1.165) is 12.8 Å². The molecule has 2 atom stereocenters. The first-order valence-electron chi connectivity index (χ1n) is 6.30. The molecule has 1 aromatic rings. The standard InChI is InChI=1S/C11H16F3N3O3/c12-11(13,14)6-18-4-3-9-16-10(20-17-9)8-2-1-7(5-15)19-8/h7-8H,1-6,15H2. The van der Waals surface area contributed by atoms with Crippen molar-refractivity contribution in [2.45, 2.75) is 37.6 Å². The third kappa shape index (κ3) is 4.43. The molecule has 1 fully saturated rings. The normalized spacial score (nSPS) is 23.4. The summed E-state index contributed by atoms with van der Waals surface area (Å²) < 4.78 is 50.7. The van der Waals surface area contributed by atoms with Crippen LogP contribution >= 0.6 is 0 Å². The van der Waals surface area contributed by atoms with E-state index in [1.165, 1.54) is 0 Å². The van der Waals surface area contributed by atoms with Gasteiger partial charge in [0.05, 0.1) is 12.7 Å². The molecule has 9 heteroatoms. The summed E-state index contributed by atoms with van der Waals surface area (Å²) >= 11 is 0. The van der Waals surface area contributed by atoms with Gasteiger partial charge < -0.3 is 19.7 Å². The van der Waals surface area contributed by atoms with Gasteiger partial charge in [0.15, 0.2) is 5.82 Å². The largest absolute Gasteiger partial charge is 0.411 e. The number of nitrogens with zero attached hydrogens (tertiary/aromatic N) is 2. The zero-order chi connectivity index (χ0) is 14.6. The van der Waals surface area contributed by atoms with E-state index in [9.17, 15) is 13.2 Å². The van der Waals surface area contributed by atoms with E-state index in [2.05, 4.69) is 14.9 Å². The number of hydrogen-bond acceptors (Lipinski definition) is 6. The Labute approximate surface area is 113 Å². The molecular weight excluding hydrogens is 279 g/mol. The van der Waals surface area contributed by atoms with Gasteiger partial charge in [0, 0.05) is 13.0 Å². The zero-order valence-electron chi connectivity index (χ0n) is 10.7. The van der Waals surface area contributed by atoms with Crippen LogP contribution in [0.25, 0.3) is 0 Å². The van der Waals surface area contributed by atoms with Gasteiger partial charge >= 0.3 is 6.18 Å². The van der Waals surface area contributed by atoms with Crippen molar-refractivity contribution in [2.24, 2.45) is 5.73 Å². The Morgan fingerprint density at radius 2 is 2.15 bits per heavy atom. The van der Waals surface area contributed by atoms with Crippen molar-refractivity contribution in [1.82, 2.24) is 10.1 Å². The van der Waals surface area contributed by atoms with Crippen molar-refractivity contribution < 1.29 is 27.2 Å². The topological polar surface area (TPSA) is 83.4 Å². The van der Waals surface area contributed by atoms with Crippen LogP contribution in [0, 0.1) is 0 Å². The summed E-state index contributed by atoms with van der Waals surface area (Å²) in [5, 5.41) is 3.69. The molecular formula is C11H16F3N3O3. The van der Waals surface area contributed by atoms with Crippen LogP contribution in [0.1, 0.15) is 30.7 Å². The lowest BCUT2D eigenvalue weighted by Crippen LogP contribution is -2.19. The highest BCUT2D eigenvalue weighted by atomic mass is 19.4. The maximum atomic E-state index is 11.9. The maximum Gasteiger partial charge on any atom is 0.411 e. The number of hydrogen-bond donors (Lipinski definition) is 1. The summed E-state index contributed by atoms with van der Waals surface area (Å²) in [6.45, 7) is -0.958. The molecule has 6 nitrogen and oxygen atoms in total. The minimum atomic E-state index is -4.32. The summed E-state index contributed by atoms with van der Waals surface area (Å²) in [5.74, 6) is 0.647. The molecule has 0 amide bonds. The molecule has 0 saturated carbocycles. The van der Waals surface area contributed by atoms with Gasteiger partial charge in [-0.2, -0.15) is 18.2 Å². The maximum absolute atomic E-state index is 11.9. The van der Waals surface area contributed by atoms with Crippen LogP contribution in [0.2, 0.25) is 0 Å². The molecule has 1 aromatic heterocycles. The number of alkyl halides is 3. The number of aromatic nitrogens is 2. The highest BCUT2D eigenvalue weighted by Crippen LogP contribution is 2.31. The molecule has 2 rings (SSSR count). The summed E-state index contributed by atoms with van der Waals surface area (Å²) in [6.07, 6.45) is -2.88. The fourth-order valence-corrected chi connectivity index (χ4v) is 1.91. The van der Waals surface area contributed by atoms with Crippen LogP contribution in [0.5, 0.6) is 0 Å². The van der Waals surface area contributed by atoms with Gasteiger partial charge in [-0.05, 0) is 12.8 Å². The highest BCUT2D eigenvalue weighted by Gasteiger charge is 2.30. The van der Waals surface area contributed by atoms with Crippen LogP contribution in [-0.2, 0) is 15.9 Å². The Kier molecular flexibility index (Phi) is 4.95. The number of halogens is 3. The summed E-state index contributed by atoms with van der Waals surface area (Å²) in [5.41, 5.74) is 5.50. The molecule has 2 heterocycles. The Hall–Kier alpha value is -1.19. The van der Waals surface area contributed by atoms with Crippen molar-refractivity contribution in [3.63, 3.8) is 0 Å². The summed E-state index contributed by atoms with van der Waals surface area (Å²) in [6, 6.07) is 0. The predicted molar refractivity (Wildman–Crippen MR) is 60.8 cm³/mol. The molecule has 0 aliphatic carbocycles. The second-order valence-corrected chi connectivity index (χ2v) is 4.53. The third-order valence-corrected chi connectivity index (χ3v) is 2.87. The van der Waals surface area contributed by atoms with Crippen molar-refractivity contribution in [3.05, 3.63) is 11.7 Å². The monoisotopic (exact) mass is 295 g/mol. The van der Waals surface area contributed by atoms with Crippen molar-refractivity contribution in [1.29, 1.82) is 0 Å². The zero-order valence-corrected chi connectivity index (χ0v) is 10.7.